The molecular weight excluding hydrogens is 336 g/mol. The zero-order valence-electron chi connectivity index (χ0n) is 12.7. The Morgan fingerprint density at radius 3 is 2.79 bits per heavy atom. The predicted molar refractivity (Wildman–Crippen MR) is 80.9 cm³/mol. The summed E-state index contributed by atoms with van der Waals surface area (Å²) in [5, 5.41) is 7.82. The second-order valence-electron chi connectivity index (χ2n) is 6.01. The summed E-state index contributed by atoms with van der Waals surface area (Å²) >= 11 is 0. The Labute approximate surface area is 137 Å². The Bertz CT molecular complexity index is 888. The van der Waals surface area contributed by atoms with E-state index in [2.05, 4.69) is 19.5 Å². The first-order chi connectivity index (χ1) is 11.5. The van der Waals surface area contributed by atoms with Gasteiger partial charge in [0, 0.05) is 12.0 Å². The van der Waals surface area contributed by atoms with Crippen molar-refractivity contribution in [3.05, 3.63) is 40.6 Å². The number of sulfonamides is 1. The van der Waals surface area contributed by atoms with Gasteiger partial charge in [-0.25, -0.2) is 17.8 Å². The molecule has 128 valence electrons. The number of ether oxygens (including phenoxy) is 1. The van der Waals surface area contributed by atoms with E-state index in [1.54, 1.807) is 6.07 Å². The first-order valence-corrected chi connectivity index (χ1v) is 9.12. The van der Waals surface area contributed by atoms with E-state index in [1.807, 2.05) is 0 Å². The molecule has 10 heteroatoms. The number of rotatable bonds is 5. The van der Waals surface area contributed by atoms with Gasteiger partial charge in [-0.2, -0.15) is 5.10 Å². The van der Waals surface area contributed by atoms with E-state index < -0.39 is 22.1 Å². The van der Waals surface area contributed by atoms with Crippen LogP contribution in [0.3, 0.4) is 0 Å². The van der Waals surface area contributed by atoms with Crippen LogP contribution in [-0.4, -0.2) is 42.6 Å². The quantitative estimate of drug-likeness (QED) is 0.806. The predicted octanol–water partition coefficient (Wildman–Crippen LogP) is 0.0271. The standard InChI is InChI=1S/C14H16N4O5S/c19-14-4-3-11(9-1-2-9)16-18(14)13-8-22-7-12(13)17-24(20,21)10-5-15-23-6-10/h3-6,9,12-13,17H,1-2,7-8H2. The summed E-state index contributed by atoms with van der Waals surface area (Å²) in [4.78, 5) is 12.1. The molecule has 1 saturated heterocycles. The van der Waals surface area contributed by atoms with Crippen LogP contribution in [0.4, 0.5) is 0 Å². The second-order valence-corrected chi connectivity index (χ2v) is 7.72. The van der Waals surface area contributed by atoms with Gasteiger partial charge in [-0.3, -0.25) is 4.79 Å². The maximum Gasteiger partial charge on any atom is 0.267 e. The highest BCUT2D eigenvalue weighted by atomic mass is 32.2. The van der Waals surface area contributed by atoms with Crippen molar-refractivity contribution in [2.24, 2.45) is 0 Å². The van der Waals surface area contributed by atoms with Crippen LogP contribution in [0, 0.1) is 0 Å². The summed E-state index contributed by atoms with van der Waals surface area (Å²) in [5.74, 6) is 0.395. The smallest absolute Gasteiger partial charge is 0.267 e. The minimum absolute atomic E-state index is 0.0693. The zero-order chi connectivity index (χ0) is 16.7. The zero-order valence-corrected chi connectivity index (χ0v) is 13.5. The van der Waals surface area contributed by atoms with Crippen molar-refractivity contribution in [1.82, 2.24) is 19.7 Å². The van der Waals surface area contributed by atoms with Gasteiger partial charge in [-0.05, 0) is 18.9 Å². The highest BCUT2D eigenvalue weighted by Gasteiger charge is 2.36. The first-order valence-electron chi connectivity index (χ1n) is 7.64. The molecule has 1 aliphatic heterocycles. The minimum Gasteiger partial charge on any atom is -0.377 e. The molecule has 4 rings (SSSR count). The Balaban J connectivity index is 1.61. The van der Waals surface area contributed by atoms with Crippen molar-refractivity contribution in [3.63, 3.8) is 0 Å². The van der Waals surface area contributed by atoms with E-state index in [0.717, 1.165) is 31.0 Å². The molecule has 1 aliphatic carbocycles. The van der Waals surface area contributed by atoms with Gasteiger partial charge in [0.2, 0.25) is 10.0 Å². The molecule has 2 fully saturated rings. The van der Waals surface area contributed by atoms with Gasteiger partial charge in [0.25, 0.3) is 5.56 Å². The summed E-state index contributed by atoms with van der Waals surface area (Å²) in [6.07, 6.45) is 4.29. The third-order valence-electron chi connectivity index (χ3n) is 4.23. The van der Waals surface area contributed by atoms with Crippen LogP contribution in [0.5, 0.6) is 0 Å². The summed E-state index contributed by atoms with van der Waals surface area (Å²) in [5.41, 5.74) is 0.589. The average Bonchev–Trinajstić information content (AvgIpc) is 3.06. The summed E-state index contributed by atoms with van der Waals surface area (Å²) in [7, 11) is -3.80. The molecule has 2 aromatic rings. The Hall–Kier alpha value is -2.04. The molecular formula is C14H16N4O5S. The van der Waals surface area contributed by atoms with Crippen LogP contribution in [0.25, 0.3) is 0 Å². The SMILES string of the molecule is O=c1ccc(C2CC2)nn1C1COCC1NS(=O)(=O)c1cnoc1. The summed E-state index contributed by atoms with van der Waals surface area (Å²) in [6, 6.07) is 2.13. The van der Waals surface area contributed by atoms with Crippen LogP contribution in [0.2, 0.25) is 0 Å². The summed E-state index contributed by atoms with van der Waals surface area (Å²) in [6.45, 7) is 0.384. The molecule has 2 aliphatic rings. The first kappa shape index (κ1) is 15.5. The Morgan fingerprint density at radius 1 is 1.25 bits per heavy atom. The van der Waals surface area contributed by atoms with Gasteiger partial charge >= 0.3 is 0 Å². The highest BCUT2D eigenvalue weighted by Crippen LogP contribution is 2.38. The normalized spacial score (nSPS) is 24.3. The van der Waals surface area contributed by atoms with E-state index in [4.69, 9.17) is 4.74 Å². The third-order valence-corrected chi connectivity index (χ3v) is 5.67. The number of nitrogens with zero attached hydrogens (tertiary/aromatic N) is 3. The third kappa shape index (κ3) is 2.87. The molecule has 0 bridgehead atoms. The highest BCUT2D eigenvalue weighted by molar-refractivity contribution is 7.89. The fourth-order valence-electron chi connectivity index (χ4n) is 2.77. The van der Waals surface area contributed by atoms with Crippen LogP contribution >= 0.6 is 0 Å². The molecule has 1 N–H and O–H groups in total. The van der Waals surface area contributed by atoms with Crippen molar-refractivity contribution >= 4 is 10.0 Å². The fraction of sp³-hybridized carbons (Fsp3) is 0.500. The molecule has 0 radical (unpaired) electrons. The lowest BCUT2D eigenvalue weighted by molar-refractivity contribution is 0.181. The van der Waals surface area contributed by atoms with Crippen molar-refractivity contribution in [1.29, 1.82) is 0 Å². The van der Waals surface area contributed by atoms with E-state index in [-0.39, 0.29) is 23.7 Å². The lowest BCUT2D eigenvalue weighted by Gasteiger charge is -2.20. The molecule has 0 amide bonds. The fourth-order valence-corrected chi connectivity index (χ4v) is 3.88. The molecule has 2 unspecified atom stereocenters. The van der Waals surface area contributed by atoms with Gasteiger partial charge < -0.3 is 9.26 Å². The largest absolute Gasteiger partial charge is 0.377 e. The lowest BCUT2D eigenvalue weighted by Crippen LogP contribution is -2.44. The average molecular weight is 352 g/mol. The summed E-state index contributed by atoms with van der Waals surface area (Å²) < 4.78 is 38.5. The van der Waals surface area contributed by atoms with E-state index >= 15 is 0 Å². The molecule has 0 aromatic carbocycles. The van der Waals surface area contributed by atoms with Crippen molar-refractivity contribution in [3.8, 4) is 0 Å². The minimum atomic E-state index is -3.80. The molecule has 0 spiro atoms. The van der Waals surface area contributed by atoms with Crippen molar-refractivity contribution in [2.45, 2.75) is 35.7 Å². The lowest BCUT2D eigenvalue weighted by atomic mass is 10.2. The van der Waals surface area contributed by atoms with Crippen molar-refractivity contribution < 1.29 is 17.7 Å². The number of nitrogens with one attached hydrogen (secondary N) is 1. The van der Waals surface area contributed by atoms with Crippen molar-refractivity contribution in [2.75, 3.05) is 13.2 Å². The topological polar surface area (TPSA) is 116 Å². The molecule has 1 saturated carbocycles. The van der Waals surface area contributed by atoms with Gasteiger partial charge in [0.15, 0.2) is 0 Å². The maximum atomic E-state index is 12.3. The Kier molecular flexibility index (Phi) is 3.74. The number of hydrogen-bond donors (Lipinski definition) is 1. The van der Waals surface area contributed by atoms with E-state index in [1.165, 1.54) is 10.7 Å². The van der Waals surface area contributed by atoms with Gasteiger partial charge in [-0.1, -0.05) is 5.16 Å². The molecule has 2 aromatic heterocycles. The van der Waals surface area contributed by atoms with E-state index in [9.17, 15) is 13.2 Å². The molecule has 3 heterocycles. The van der Waals surface area contributed by atoms with Gasteiger partial charge in [0.1, 0.15) is 11.2 Å². The van der Waals surface area contributed by atoms with Crippen LogP contribution in [0.15, 0.2) is 38.8 Å². The van der Waals surface area contributed by atoms with Crippen LogP contribution < -0.4 is 10.3 Å². The van der Waals surface area contributed by atoms with Gasteiger partial charge in [-0.15, -0.1) is 0 Å². The van der Waals surface area contributed by atoms with Gasteiger partial charge in [0.05, 0.1) is 37.2 Å². The van der Waals surface area contributed by atoms with Crippen LogP contribution in [-0.2, 0) is 14.8 Å². The Morgan fingerprint density at radius 2 is 2.08 bits per heavy atom. The second kappa shape index (κ2) is 5.80. The maximum absolute atomic E-state index is 12.3. The number of aromatic nitrogens is 3. The monoisotopic (exact) mass is 352 g/mol. The number of hydrogen-bond acceptors (Lipinski definition) is 7. The van der Waals surface area contributed by atoms with E-state index in [0.29, 0.717) is 5.92 Å². The van der Waals surface area contributed by atoms with Crippen LogP contribution in [0.1, 0.15) is 30.5 Å². The molecule has 24 heavy (non-hydrogen) atoms. The molecule has 2 atom stereocenters. The molecule has 9 nitrogen and oxygen atoms in total.